The van der Waals surface area contributed by atoms with Gasteiger partial charge in [-0.1, -0.05) is 11.6 Å². The van der Waals surface area contributed by atoms with Gasteiger partial charge in [-0.05, 0) is 30.3 Å². The molecule has 2 N–H and O–H groups in total. The summed E-state index contributed by atoms with van der Waals surface area (Å²) in [5, 5.41) is 5.55. The number of hydrogen-bond donors (Lipinski definition) is 2. The highest BCUT2D eigenvalue weighted by molar-refractivity contribution is 7.17. The van der Waals surface area contributed by atoms with Crippen molar-refractivity contribution in [2.75, 3.05) is 43.1 Å². The Labute approximate surface area is 180 Å². The average molecular weight is 456 g/mol. The van der Waals surface area contributed by atoms with Crippen LogP contribution in [0.5, 0.6) is 0 Å². The molecule has 2 heterocycles. The van der Waals surface area contributed by atoms with Crippen molar-refractivity contribution in [3.8, 4) is 0 Å². The summed E-state index contributed by atoms with van der Waals surface area (Å²) in [5.41, 5.74) is 0.596. The Morgan fingerprint density at radius 2 is 2.23 bits per heavy atom. The molecule has 0 aliphatic carbocycles. The van der Waals surface area contributed by atoms with Gasteiger partial charge in [-0.3, -0.25) is 9.69 Å². The summed E-state index contributed by atoms with van der Waals surface area (Å²) in [4.78, 5) is 36.2. The van der Waals surface area contributed by atoms with Crippen LogP contribution in [0.25, 0.3) is 0 Å². The summed E-state index contributed by atoms with van der Waals surface area (Å²) in [6.45, 7) is 0.870. The van der Waals surface area contributed by atoms with Crippen molar-refractivity contribution in [2.24, 2.45) is 0 Å². The molecule has 160 valence electrons. The third-order valence-electron chi connectivity index (χ3n) is 4.17. The second kappa shape index (κ2) is 10.4. The van der Waals surface area contributed by atoms with E-state index in [0.29, 0.717) is 27.7 Å². The lowest BCUT2D eigenvalue weighted by molar-refractivity contribution is -0.111. The lowest BCUT2D eigenvalue weighted by atomic mass is 10.2. The van der Waals surface area contributed by atoms with Crippen molar-refractivity contribution in [3.05, 3.63) is 45.4 Å². The predicted octanol–water partition coefficient (Wildman–Crippen LogP) is 2.92. The molecule has 0 radical (unpaired) electrons. The molecule has 1 saturated heterocycles. The quantitative estimate of drug-likeness (QED) is 0.422. The number of carbonyl (C=O) groups is 3. The molecule has 1 aromatic carbocycles. The summed E-state index contributed by atoms with van der Waals surface area (Å²) in [6, 6.07) is 7.57. The number of amides is 2. The Bertz CT molecular complexity index is 925. The first-order valence-corrected chi connectivity index (χ1v) is 10.2. The van der Waals surface area contributed by atoms with Crippen molar-refractivity contribution < 1.29 is 28.2 Å². The number of nitrogens with zero attached hydrogens (tertiary/aromatic N) is 1. The zero-order valence-corrected chi connectivity index (χ0v) is 17.3. The molecule has 2 aromatic rings. The maximum Gasteiger partial charge on any atom is 0.414 e. The van der Waals surface area contributed by atoms with Gasteiger partial charge in [0.1, 0.15) is 24.8 Å². The van der Waals surface area contributed by atoms with Crippen LogP contribution in [0.1, 0.15) is 9.67 Å². The van der Waals surface area contributed by atoms with Crippen LogP contribution in [0, 0.1) is 5.82 Å². The Morgan fingerprint density at radius 1 is 1.40 bits per heavy atom. The number of ether oxygens (including phenoxy) is 2. The van der Waals surface area contributed by atoms with Crippen molar-refractivity contribution in [1.82, 2.24) is 5.32 Å². The van der Waals surface area contributed by atoms with Gasteiger partial charge in [0.2, 0.25) is 0 Å². The number of halogens is 2. The zero-order chi connectivity index (χ0) is 21.5. The highest BCUT2D eigenvalue weighted by Crippen LogP contribution is 2.26. The Balaban J connectivity index is 1.52. The monoisotopic (exact) mass is 455 g/mol. The Hall–Kier alpha value is -2.69. The fraction of sp³-hybridized carbons (Fsp3) is 0.316. The van der Waals surface area contributed by atoms with Gasteiger partial charge < -0.3 is 24.9 Å². The van der Waals surface area contributed by atoms with E-state index in [9.17, 15) is 18.8 Å². The summed E-state index contributed by atoms with van der Waals surface area (Å²) in [6.07, 6.45) is -0.537. The lowest BCUT2D eigenvalue weighted by Crippen LogP contribution is -2.34. The molecule has 0 saturated carbocycles. The number of carbonyl (C=O) groups excluding carboxylic acids is 3. The maximum atomic E-state index is 14.3. The van der Waals surface area contributed by atoms with E-state index in [1.165, 1.54) is 17.0 Å². The van der Waals surface area contributed by atoms with Crippen LogP contribution < -0.4 is 15.5 Å². The number of hydrogen-bond acceptors (Lipinski definition) is 7. The molecular formula is C19H19ClFN3O5S. The fourth-order valence-electron chi connectivity index (χ4n) is 2.77. The molecule has 1 aliphatic heterocycles. The molecule has 0 unspecified atom stereocenters. The number of anilines is 2. The lowest BCUT2D eigenvalue weighted by Gasteiger charge is -2.15. The minimum atomic E-state index is -0.615. The van der Waals surface area contributed by atoms with Crippen LogP contribution in [0.4, 0.5) is 20.6 Å². The topological polar surface area (TPSA) is 97.0 Å². The van der Waals surface area contributed by atoms with E-state index in [-0.39, 0.29) is 37.9 Å². The third kappa shape index (κ3) is 5.68. The average Bonchev–Trinajstić information content (AvgIpc) is 3.32. The summed E-state index contributed by atoms with van der Waals surface area (Å²) in [5.74, 6) is -0.845. The Kier molecular flexibility index (Phi) is 7.61. The molecule has 30 heavy (non-hydrogen) atoms. The van der Waals surface area contributed by atoms with Crippen LogP contribution in [0.15, 0.2) is 30.3 Å². The molecule has 2 amide bonds. The first-order valence-electron chi connectivity index (χ1n) is 9.04. The highest BCUT2D eigenvalue weighted by Gasteiger charge is 2.33. The summed E-state index contributed by atoms with van der Waals surface area (Å²) >= 11 is 6.97. The van der Waals surface area contributed by atoms with Crippen molar-refractivity contribution >= 4 is 52.6 Å². The van der Waals surface area contributed by atoms with E-state index in [1.54, 1.807) is 18.2 Å². The SMILES string of the molecule is O=CCOCCNc1ccc(N2C[C@H](CNC(=O)c3ccc(Cl)s3)OC2=O)cc1F. The van der Waals surface area contributed by atoms with Crippen LogP contribution in [0.3, 0.4) is 0 Å². The first kappa shape index (κ1) is 22.0. The molecule has 3 rings (SSSR count). The molecule has 1 atom stereocenters. The molecule has 0 bridgehead atoms. The van der Waals surface area contributed by atoms with E-state index in [2.05, 4.69) is 10.6 Å². The van der Waals surface area contributed by atoms with Gasteiger partial charge in [-0.25, -0.2) is 9.18 Å². The fourth-order valence-corrected chi connectivity index (χ4v) is 3.73. The number of aldehydes is 1. The van der Waals surface area contributed by atoms with Crippen LogP contribution >= 0.6 is 22.9 Å². The molecular weight excluding hydrogens is 437 g/mol. The van der Waals surface area contributed by atoms with E-state index in [4.69, 9.17) is 21.1 Å². The second-order valence-electron chi connectivity index (χ2n) is 6.26. The molecule has 8 nitrogen and oxygen atoms in total. The van der Waals surface area contributed by atoms with Gasteiger partial charge >= 0.3 is 6.09 Å². The zero-order valence-electron chi connectivity index (χ0n) is 15.7. The number of thiophene rings is 1. The minimum absolute atomic E-state index is 0.0110. The third-order valence-corrected chi connectivity index (χ3v) is 5.40. The van der Waals surface area contributed by atoms with Gasteiger partial charge in [0, 0.05) is 6.54 Å². The van der Waals surface area contributed by atoms with Gasteiger partial charge in [0.25, 0.3) is 5.91 Å². The highest BCUT2D eigenvalue weighted by atomic mass is 35.5. The normalized spacial score (nSPS) is 15.7. The van der Waals surface area contributed by atoms with Crippen molar-refractivity contribution in [2.45, 2.75) is 6.10 Å². The molecule has 1 aliphatic rings. The van der Waals surface area contributed by atoms with E-state index in [0.717, 1.165) is 11.3 Å². The maximum absolute atomic E-state index is 14.3. The number of nitrogens with one attached hydrogen (secondary N) is 2. The largest absolute Gasteiger partial charge is 0.442 e. The van der Waals surface area contributed by atoms with Gasteiger partial charge in [-0.2, -0.15) is 0 Å². The van der Waals surface area contributed by atoms with Crippen LogP contribution in [-0.2, 0) is 14.3 Å². The van der Waals surface area contributed by atoms with Crippen LogP contribution in [-0.4, -0.2) is 57.2 Å². The second-order valence-corrected chi connectivity index (χ2v) is 7.98. The Morgan fingerprint density at radius 3 is 2.93 bits per heavy atom. The summed E-state index contributed by atoms with van der Waals surface area (Å²) in [7, 11) is 0. The standard InChI is InChI=1S/C19H19ClFN3O5S/c20-17-4-3-16(30-17)18(26)23-10-13-11-24(19(27)29-13)12-1-2-15(14(21)9-12)22-5-7-28-8-6-25/h1-4,6,9,13,22H,5,7-8,10-11H2,(H,23,26)/t13-/m0/s1. The van der Waals surface area contributed by atoms with Gasteiger partial charge in [-0.15, -0.1) is 11.3 Å². The van der Waals surface area contributed by atoms with E-state index >= 15 is 0 Å². The molecule has 1 aromatic heterocycles. The smallest absolute Gasteiger partial charge is 0.414 e. The van der Waals surface area contributed by atoms with Gasteiger partial charge in [0.15, 0.2) is 0 Å². The molecule has 11 heteroatoms. The minimum Gasteiger partial charge on any atom is -0.442 e. The van der Waals surface area contributed by atoms with Gasteiger partial charge in [0.05, 0.1) is 40.3 Å². The number of rotatable bonds is 10. The van der Waals surface area contributed by atoms with Crippen molar-refractivity contribution in [3.63, 3.8) is 0 Å². The van der Waals surface area contributed by atoms with E-state index in [1.807, 2.05) is 0 Å². The summed E-state index contributed by atoms with van der Waals surface area (Å²) < 4.78 is 25.1. The number of benzene rings is 1. The molecule has 0 spiro atoms. The van der Waals surface area contributed by atoms with Crippen molar-refractivity contribution in [1.29, 1.82) is 0 Å². The molecule has 1 fully saturated rings. The van der Waals surface area contributed by atoms with E-state index < -0.39 is 18.0 Å². The first-order chi connectivity index (χ1) is 14.5. The van der Waals surface area contributed by atoms with Crippen LogP contribution in [0.2, 0.25) is 4.34 Å². The predicted molar refractivity (Wildman–Crippen MR) is 111 cm³/mol. The number of cyclic esters (lactones) is 1.